The van der Waals surface area contributed by atoms with Gasteiger partial charge in [-0.25, -0.2) is 0 Å². The molecule has 3 nitrogen and oxygen atoms in total. The predicted molar refractivity (Wildman–Crippen MR) is 63.7 cm³/mol. The molecule has 0 spiro atoms. The maximum absolute atomic E-state index is 5.55. The molecule has 0 N–H and O–H groups in total. The van der Waals surface area contributed by atoms with Crippen molar-refractivity contribution in [3.63, 3.8) is 0 Å². The second-order valence-corrected chi connectivity index (χ2v) is 3.40. The van der Waals surface area contributed by atoms with Gasteiger partial charge in [-0.1, -0.05) is 6.07 Å². The molecule has 0 radical (unpaired) electrons. The van der Waals surface area contributed by atoms with Gasteiger partial charge in [-0.2, -0.15) is 0 Å². The van der Waals surface area contributed by atoms with Crippen molar-refractivity contribution in [2.24, 2.45) is 0 Å². The average molecular weight is 217 g/mol. The lowest BCUT2D eigenvalue weighted by Crippen LogP contribution is -2.06. The molecular formula is C13H15NO2. The first-order valence-corrected chi connectivity index (χ1v) is 5.45. The van der Waals surface area contributed by atoms with Crippen molar-refractivity contribution in [2.45, 2.75) is 6.92 Å². The summed E-state index contributed by atoms with van der Waals surface area (Å²) in [7, 11) is 0. The van der Waals surface area contributed by atoms with Crippen LogP contribution in [0, 0.1) is 0 Å². The van der Waals surface area contributed by atoms with Crippen LogP contribution in [0.3, 0.4) is 0 Å². The highest BCUT2D eigenvalue weighted by molar-refractivity contribution is 5.79. The molecule has 16 heavy (non-hydrogen) atoms. The molecule has 0 unspecified atom stereocenters. The van der Waals surface area contributed by atoms with Gasteiger partial charge in [-0.15, -0.1) is 0 Å². The normalized spacial score (nSPS) is 10.6. The number of hydrogen-bond donors (Lipinski definition) is 0. The molecule has 0 bridgehead atoms. The summed E-state index contributed by atoms with van der Waals surface area (Å²) < 4.78 is 10.8. The third-order valence-electron chi connectivity index (χ3n) is 2.28. The van der Waals surface area contributed by atoms with Crippen molar-refractivity contribution in [3.8, 4) is 5.75 Å². The van der Waals surface area contributed by atoms with Gasteiger partial charge < -0.3 is 9.47 Å². The number of rotatable bonds is 5. The van der Waals surface area contributed by atoms with E-state index in [1.165, 1.54) is 0 Å². The van der Waals surface area contributed by atoms with Crippen LogP contribution in [0.5, 0.6) is 5.75 Å². The number of ether oxygens (including phenoxy) is 2. The van der Waals surface area contributed by atoms with E-state index in [9.17, 15) is 0 Å². The first kappa shape index (κ1) is 10.9. The number of nitrogens with zero attached hydrogens (tertiary/aromatic N) is 1. The maximum atomic E-state index is 5.55. The van der Waals surface area contributed by atoms with Crippen LogP contribution < -0.4 is 4.74 Å². The Balaban J connectivity index is 2.02. The zero-order valence-electron chi connectivity index (χ0n) is 9.35. The minimum absolute atomic E-state index is 0.576. The highest BCUT2D eigenvalue weighted by Gasteiger charge is 1.97. The fourth-order valence-corrected chi connectivity index (χ4v) is 1.50. The van der Waals surface area contributed by atoms with Crippen LogP contribution >= 0.6 is 0 Å². The van der Waals surface area contributed by atoms with Crippen LogP contribution in [-0.4, -0.2) is 24.8 Å². The number of hydrogen-bond acceptors (Lipinski definition) is 3. The van der Waals surface area contributed by atoms with E-state index in [-0.39, 0.29) is 0 Å². The van der Waals surface area contributed by atoms with Gasteiger partial charge >= 0.3 is 0 Å². The molecule has 3 heteroatoms. The lowest BCUT2D eigenvalue weighted by molar-refractivity contribution is 0.110. The van der Waals surface area contributed by atoms with Gasteiger partial charge in [0, 0.05) is 24.3 Å². The molecule has 2 aromatic rings. The van der Waals surface area contributed by atoms with E-state index in [0.29, 0.717) is 13.2 Å². The third-order valence-corrected chi connectivity index (χ3v) is 2.28. The highest BCUT2D eigenvalue weighted by Crippen LogP contribution is 2.18. The molecule has 0 saturated carbocycles. The fourth-order valence-electron chi connectivity index (χ4n) is 1.50. The molecule has 2 rings (SSSR count). The molecule has 0 atom stereocenters. The summed E-state index contributed by atoms with van der Waals surface area (Å²) in [5.74, 6) is 0.839. The molecule has 1 aromatic carbocycles. The Labute approximate surface area is 95.0 Å². The second-order valence-electron chi connectivity index (χ2n) is 3.40. The van der Waals surface area contributed by atoms with Crippen LogP contribution in [0.25, 0.3) is 10.9 Å². The quantitative estimate of drug-likeness (QED) is 0.721. The Bertz CT molecular complexity index is 456. The molecule has 0 aliphatic carbocycles. The van der Waals surface area contributed by atoms with Crippen LogP contribution in [-0.2, 0) is 4.74 Å². The first-order chi connectivity index (χ1) is 7.90. The van der Waals surface area contributed by atoms with Gasteiger partial charge in [-0.3, -0.25) is 4.98 Å². The predicted octanol–water partition coefficient (Wildman–Crippen LogP) is 2.65. The van der Waals surface area contributed by atoms with Crippen LogP contribution in [0.2, 0.25) is 0 Å². The Morgan fingerprint density at radius 1 is 1.19 bits per heavy atom. The molecule has 1 aromatic heterocycles. The summed E-state index contributed by atoms with van der Waals surface area (Å²) in [4.78, 5) is 4.28. The van der Waals surface area contributed by atoms with Gasteiger partial charge in [0.2, 0.25) is 0 Å². The fraction of sp³-hybridized carbons (Fsp3) is 0.308. The van der Waals surface area contributed by atoms with E-state index in [1.807, 2.05) is 37.3 Å². The summed E-state index contributed by atoms with van der Waals surface area (Å²) in [6, 6.07) is 9.87. The van der Waals surface area contributed by atoms with Crippen molar-refractivity contribution in [1.82, 2.24) is 4.98 Å². The van der Waals surface area contributed by atoms with Gasteiger partial charge in [-0.05, 0) is 25.1 Å². The first-order valence-electron chi connectivity index (χ1n) is 5.45. The van der Waals surface area contributed by atoms with Crippen molar-refractivity contribution < 1.29 is 9.47 Å². The highest BCUT2D eigenvalue weighted by atomic mass is 16.5. The number of fused-ring (bicyclic) bond motifs is 1. The van der Waals surface area contributed by atoms with Gasteiger partial charge in [0.25, 0.3) is 0 Å². The Morgan fingerprint density at radius 3 is 3.00 bits per heavy atom. The number of aromatic nitrogens is 1. The van der Waals surface area contributed by atoms with Crippen molar-refractivity contribution >= 4 is 10.9 Å². The SMILES string of the molecule is CCOCCOc1ccc2cccnc2c1. The van der Waals surface area contributed by atoms with Crippen molar-refractivity contribution in [1.29, 1.82) is 0 Å². The van der Waals surface area contributed by atoms with E-state index >= 15 is 0 Å². The van der Waals surface area contributed by atoms with E-state index < -0.39 is 0 Å². The summed E-state index contributed by atoms with van der Waals surface area (Å²) in [5.41, 5.74) is 0.955. The summed E-state index contributed by atoms with van der Waals surface area (Å²) in [6.07, 6.45) is 1.78. The van der Waals surface area contributed by atoms with E-state index in [1.54, 1.807) is 6.20 Å². The minimum Gasteiger partial charge on any atom is -0.491 e. The van der Waals surface area contributed by atoms with Gasteiger partial charge in [0.05, 0.1) is 12.1 Å². The molecular weight excluding hydrogens is 202 g/mol. The summed E-state index contributed by atoms with van der Waals surface area (Å²) >= 11 is 0. The van der Waals surface area contributed by atoms with Crippen LogP contribution in [0.15, 0.2) is 36.5 Å². The Morgan fingerprint density at radius 2 is 2.12 bits per heavy atom. The zero-order valence-corrected chi connectivity index (χ0v) is 9.35. The maximum Gasteiger partial charge on any atom is 0.121 e. The topological polar surface area (TPSA) is 31.4 Å². The molecule has 1 heterocycles. The molecule has 0 aliphatic heterocycles. The average Bonchev–Trinajstić information content (AvgIpc) is 2.34. The molecule has 0 fully saturated rings. The number of benzene rings is 1. The molecule has 0 saturated heterocycles. The van der Waals surface area contributed by atoms with E-state index in [2.05, 4.69) is 4.98 Å². The molecule has 0 amide bonds. The molecule has 0 aliphatic rings. The number of pyridine rings is 1. The van der Waals surface area contributed by atoms with E-state index in [4.69, 9.17) is 9.47 Å². The van der Waals surface area contributed by atoms with Crippen LogP contribution in [0.1, 0.15) is 6.92 Å². The largest absolute Gasteiger partial charge is 0.491 e. The minimum atomic E-state index is 0.576. The smallest absolute Gasteiger partial charge is 0.121 e. The zero-order chi connectivity index (χ0) is 11.2. The monoisotopic (exact) mass is 217 g/mol. The lowest BCUT2D eigenvalue weighted by atomic mass is 10.2. The standard InChI is InChI=1S/C13H15NO2/c1-2-15-8-9-16-12-6-5-11-4-3-7-14-13(11)10-12/h3-7,10H,2,8-9H2,1H3. The molecule has 84 valence electrons. The summed E-state index contributed by atoms with van der Waals surface area (Å²) in [5, 5.41) is 1.12. The Hall–Kier alpha value is -1.61. The lowest BCUT2D eigenvalue weighted by Gasteiger charge is -2.06. The van der Waals surface area contributed by atoms with Crippen molar-refractivity contribution in [3.05, 3.63) is 36.5 Å². The summed E-state index contributed by atoms with van der Waals surface area (Å²) in [6.45, 7) is 3.89. The van der Waals surface area contributed by atoms with Gasteiger partial charge in [0.1, 0.15) is 12.4 Å². The second kappa shape index (κ2) is 5.47. The van der Waals surface area contributed by atoms with E-state index in [0.717, 1.165) is 23.3 Å². The third kappa shape index (κ3) is 2.70. The Kier molecular flexibility index (Phi) is 3.72. The van der Waals surface area contributed by atoms with Crippen molar-refractivity contribution in [2.75, 3.05) is 19.8 Å². The van der Waals surface area contributed by atoms with Crippen LogP contribution in [0.4, 0.5) is 0 Å². The van der Waals surface area contributed by atoms with Gasteiger partial charge in [0.15, 0.2) is 0 Å².